The van der Waals surface area contributed by atoms with Gasteiger partial charge in [-0.15, -0.1) is 13.2 Å². The largest absolute Gasteiger partial charge is 0.573 e. The highest BCUT2D eigenvalue weighted by atomic mass is 19.4. The van der Waals surface area contributed by atoms with Crippen molar-refractivity contribution in [2.75, 3.05) is 0 Å². The molecule has 1 heterocycles. The Morgan fingerprint density at radius 1 is 1.27 bits per heavy atom. The molecule has 0 aliphatic heterocycles. The molecule has 116 valence electrons. The van der Waals surface area contributed by atoms with E-state index in [1.807, 2.05) is 0 Å². The number of benzene rings is 1. The Balaban J connectivity index is 2.12. The minimum atomic E-state index is -4.73. The molecule has 0 amide bonds. The molecule has 0 aliphatic rings. The fourth-order valence-corrected chi connectivity index (χ4v) is 1.69. The number of hydrogen-bond donors (Lipinski definition) is 0. The Bertz CT molecular complexity index is 706. The smallest absolute Gasteiger partial charge is 0.406 e. The number of alkyl halides is 3. The van der Waals surface area contributed by atoms with Crippen LogP contribution < -0.4 is 4.74 Å². The van der Waals surface area contributed by atoms with Crippen molar-refractivity contribution in [3.05, 3.63) is 52.0 Å². The van der Waals surface area contributed by atoms with Crippen LogP contribution in [-0.4, -0.2) is 20.8 Å². The molecule has 0 radical (unpaired) electrons. The van der Waals surface area contributed by atoms with Gasteiger partial charge in [0.1, 0.15) is 11.9 Å². The fraction of sp³-hybridized carbons (Fsp3) is 0.154. The maximum absolute atomic E-state index is 12.0. The van der Waals surface area contributed by atoms with Crippen molar-refractivity contribution >= 4 is 18.0 Å². The first-order valence-corrected chi connectivity index (χ1v) is 5.96. The Morgan fingerprint density at radius 3 is 2.41 bits per heavy atom. The summed E-state index contributed by atoms with van der Waals surface area (Å²) in [5.41, 5.74) is 0.597. The van der Waals surface area contributed by atoms with Crippen LogP contribution in [0.15, 0.2) is 30.5 Å². The van der Waals surface area contributed by atoms with E-state index in [2.05, 4.69) is 9.72 Å². The Morgan fingerprint density at radius 2 is 1.91 bits per heavy atom. The summed E-state index contributed by atoms with van der Waals surface area (Å²) in [7, 11) is 1.49. The lowest BCUT2D eigenvalue weighted by molar-refractivity contribution is -0.391. The van der Waals surface area contributed by atoms with E-state index in [1.54, 1.807) is 6.08 Å². The van der Waals surface area contributed by atoms with Gasteiger partial charge in [0.05, 0.1) is 7.05 Å². The highest BCUT2D eigenvalue weighted by Crippen LogP contribution is 2.23. The van der Waals surface area contributed by atoms with Gasteiger partial charge in [0, 0.05) is 6.08 Å². The van der Waals surface area contributed by atoms with Crippen molar-refractivity contribution in [3.63, 3.8) is 0 Å². The van der Waals surface area contributed by atoms with Crippen LogP contribution in [0, 0.1) is 10.1 Å². The molecule has 0 atom stereocenters. The van der Waals surface area contributed by atoms with E-state index in [-0.39, 0.29) is 11.6 Å². The summed E-state index contributed by atoms with van der Waals surface area (Å²) >= 11 is 0. The Labute approximate surface area is 122 Å². The van der Waals surface area contributed by atoms with E-state index in [9.17, 15) is 23.3 Å². The number of nitrogens with zero attached hydrogens (tertiary/aromatic N) is 3. The summed E-state index contributed by atoms with van der Waals surface area (Å²) in [4.78, 5) is 14.0. The molecule has 0 fully saturated rings. The summed E-state index contributed by atoms with van der Waals surface area (Å²) in [5, 5.41) is 10.7. The topological polar surface area (TPSA) is 70.2 Å². The molecule has 1 aromatic carbocycles. The van der Waals surface area contributed by atoms with Crippen LogP contribution in [0.5, 0.6) is 5.75 Å². The van der Waals surface area contributed by atoms with E-state index in [0.717, 1.165) is 6.20 Å². The van der Waals surface area contributed by atoms with Crippen LogP contribution in [-0.2, 0) is 7.05 Å². The van der Waals surface area contributed by atoms with Crippen LogP contribution in [0.2, 0.25) is 0 Å². The van der Waals surface area contributed by atoms with Crippen LogP contribution in [0.25, 0.3) is 12.2 Å². The molecule has 0 N–H and O–H groups in total. The van der Waals surface area contributed by atoms with E-state index >= 15 is 0 Å². The molecule has 9 heteroatoms. The molecular weight excluding hydrogens is 303 g/mol. The summed E-state index contributed by atoms with van der Waals surface area (Å²) in [5.74, 6) is -0.131. The second-order valence-electron chi connectivity index (χ2n) is 4.24. The van der Waals surface area contributed by atoms with Gasteiger partial charge in [-0.25, -0.2) is 9.55 Å². The quantitative estimate of drug-likeness (QED) is 0.641. The van der Waals surface area contributed by atoms with Crippen LogP contribution in [0.1, 0.15) is 11.4 Å². The lowest BCUT2D eigenvalue weighted by Gasteiger charge is -2.08. The van der Waals surface area contributed by atoms with Gasteiger partial charge >= 0.3 is 12.2 Å². The molecule has 22 heavy (non-hydrogen) atoms. The molecule has 0 aliphatic carbocycles. The molecule has 0 spiro atoms. The molecule has 1 aromatic heterocycles. The fourth-order valence-electron chi connectivity index (χ4n) is 1.69. The van der Waals surface area contributed by atoms with Gasteiger partial charge in [-0.2, -0.15) is 0 Å². The lowest BCUT2D eigenvalue weighted by atomic mass is 10.2. The summed E-state index contributed by atoms with van der Waals surface area (Å²) < 4.78 is 41.1. The third kappa shape index (κ3) is 3.84. The van der Waals surface area contributed by atoms with Gasteiger partial charge in [0.15, 0.2) is 0 Å². The molecule has 0 saturated heterocycles. The molecule has 2 rings (SSSR count). The van der Waals surface area contributed by atoms with Crippen LogP contribution in [0.3, 0.4) is 0 Å². The Kier molecular flexibility index (Phi) is 4.15. The SMILES string of the molecule is Cn1c([N+](=O)[O-])cnc1/C=C/c1ccc(OC(F)(F)F)cc1. The number of imidazole rings is 1. The molecular formula is C13H10F3N3O3. The second kappa shape index (κ2) is 5.88. The van der Waals surface area contributed by atoms with Gasteiger partial charge in [0.2, 0.25) is 5.82 Å². The zero-order valence-electron chi connectivity index (χ0n) is 11.2. The normalized spacial score (nSPS) is 11.8. The van der Waals surface area contributed by atoms with E-state index in [4.69, 9.17) is 0 Å². The third-order valence-corrected chi connectivity index (χ3v) is 2.73. The van der Waals surface area contributed by atoms with Gasteiger partial charge in [0.25, 0.3) is 0 Å². The number of aromatic nitrogens is 2. The van der Waals surface area contributed by atoms with Crippen molar-refractivity contribution < 1.29 is 22.8 Å². The van der Waals surface area contributed by atoms with Crippen molar-refractivity contribution in [1.29, 1.82) is 0 Å². The number of nitro groups is 1. The zero-order valence-corrected chi connectivity index (χ0v) is 11.2. The van der Waals surface area contributed by atoms with E-state index in [0.29, 0.717) is 11.4 Å². The number of hydrogen-bond acceptors (Lipinski definition) is 4. The van der Waals surface area contributed by atoms with Crippen LogP contribution in [0.4, 0.5) is 19.0 Å². The maximum atomic E-state index is 12.0. The minimum Gasteiger partial charge on any atom is -0.406 e. The van der Waals surface area contributed by atoms with Crippen molar-refractivity contribution in [2.45, 2.75) is 6.36 Å². The van der Waals surface area contributed by atoms with Crippen molar-refractivity contribution in [2.24, 2.45) is 7.05 Å². The predicted octanol–water partition coefficient (Wildman–Crippen LogP) is 3.40. The lowest BCUT2D eigenvalue weighted by Crippen LogP contribution is -2.16. The van der Waals surface area contributed by atoms with Crippen molar-refractivity contribution in [1.82, 2.24) is 9.55 Å². The first-order chi connectivity index (χ1) is 10.3. The van der Waals surface area contributed by atoms with E-state index in [1.165, 1.54) is 42.0 Å². The van der Waals surface area contributed by atoms with Gasteiger partial charge < -0.3 is 14.9 Å². The zero-order chi connectivity index (χ0) is 16.3. The standard InChI is InChI=1S/C13H10F3N3O3/c1-18-11(17-8-12(18)19(20)21)7-4-9-2-5-10(6-3-9)22-13(14,15)16/h2-8H,1H3/b7-4+. The monoisotopic (exact) mass is 313 g/mol. The number of halogens is 3. The van der Waals surface area contributed by atoms with E-state index < -0.39 is 11.3 Å². The molecule has 6 nitrogen and oxygen atoms in total. The maximum Gasteiger partial charge on any atom is 0.573 e. The Hall–Kier alpha value is -2.84. The number of ether oxygens (including phenoxy) is 1. The molecule has 0 bridgehead atoms. The average Bonchev–Trinajstić information content (AvgIpc) is 2.78. The van der Waals surface area contributed by atoms with Crippen LogP contribution >= 0.6 is 0 Å². The summed E-state index contributed by atoms with van der Waals surface area (Å²) in [6.07, 6.45) is -0.515. The van der Waals surface area contributed by atoms with Crippen molar-refractivity contribution in [3.8, 4) is 5.75 Å². The third-order valence-electron chi connectivity index (χ3n) is 2.73. The van der Waals surface area contributed by atoms with Gasteiger partial charge in [-0.3, -0.25) is 0 Å². The number of rotatable bonds is 4. The van der Waals surface area contributed by atoms with Gasteiger partial charge in [-0.05, 0) is 28.7 Å². The first kappa shape index (κ1) is 15.5. The molecule has 0 unspecified atom stereocenters. The summed E-state index contributed by atoms with van der Waals surface area (Å²) in [6, 6.07) is 5.20. The summed E-state index contributed by atoms with van der Waals surface area (Å²) in [6.45, 7) is 0. The predicted molar refractivity (Wildman–Crippen MR) is 71.9 cm³/mol. The second-order valence-corrected chi connectivity index (χ2v) is 4.24. The highest BCUT2D eigenvalue weighted by molar-refractivity contribution is 5.67. The first-order valence-electron chi connectivity index (χ1n) is 5.96. The highest BCUT2D eigenvalue weighted by Gasteiger charge is 2.30. The van der Waals surface area contributed by atoms with Gasteiger partial charge in [-0.1, -0.05) is 12.1 Å². The average molecular weight is 313 g/mol. The molecule has 0 saturated carbocycles. The minimum absolute atomic E-state index is 0.159. The molecule has 2 aromatic rings.